The number of hydrogen-bond donors (Lipinski definition) is 2. The Kier molecular flexibility index (Phi) is 2.87. The van der Waals surface area contributed by atoms with Crippen LogP contribution in [0.2, 0.25) is 0 Å². The molecule has 0 aliphatic rings. The lowest BCUT2D eigenvalue weighted by Gasteiger charge is -2.04. The highest BCUT2D eigenvalue weighted by atomic mass is 16.5. The van der Waals surface area contributed by atoms with E-state index < -0.39 is 5.91 Å². The smallest absolute Gasteiger partial charge is 0.265 e. The van der Waals surface area contributed by atoms with Crippen molar-refractivity contribution in [3.8, 4) is 17.0 Å². The molecule has 100 valence electrons. The van der Waals surface area contributed by atoms with Crippen molar-refractivity contribution in [3.05, 3.63) is 48.2 Å². The summed E-state index contributed by atoms with van der Waals surface area (Å²) in [6, 6.07) is 13.1. The normalized spacial score (nSPS) is 10.7. The van der Waals surface area contributed by atoms with Crippen molar-refractivity contribution in [2.45, 2.75) is 0 Å². The second-order valence-corrected chi connectivity index (χ2v) is 4.41. The molecule has 0 unspecified atom stereocenters. The molecule has 0 bridgehead atoms. The van der Waals surface area contributed by atoms with E-state index in [2.05, 4.69) is 9.97 Å². The van der Waals surface area contributed by atoms with Gasteiger partial charge in [-0.25, -0.2) is 4.98 Å². The van der Waals surface area contributed by atoms with Crippen LogP contribution in [0.4, 0.5) is 0 Å². The number of amides is 1. The van der Waals surface area contributed by atoms with E-state index in [1.807, 2.05) is 36.4 Å². The first-order valence-electron chi connectivity index (χ1n) is 6.11. The second kappa shape index (κ2) is 4.70. The maximum atomic E-state index is 11.2. The summed E-state index contributed by atoms with van der Waals surface area (Å²) < 4.78 is 5.20. The molecule has 0 radical (unpaired) electrons. The van der Waals surface area contributed by atoms with Crippen molar-refractivity contribution in [1.82, 2.24) is 9.97 Å². The Morgan fingerprint density at radius 2 is 2.10 bits per heavy atom. The predicted molar refractivity (Wildman–Crippen MR) is 76.6 cm³/mol. The lowest BCUT2D eigenvalue weighted by atomic mass is 10.1. The largest absolute Gasteiger partial charge is 0.497 e. The summed E-state index contributed by atoms with van der Waals surface area (Å²) >= 11 is 0. The number of H-pyrrole nitrogens is 1. The monoisotopic (exact) mass is 267 g/mol. The number of rotatable bonds is 3. The van der Waals surface area contributed by atoms with E-state index in [4.69, 9.17) is 10.5 Å². The number of benzene rings is 1. The van der Waals surface area contributed by atoms with Crippen molar-refractivity contribution >= 4 is 16.9 Å². The fourth-order valence-corrected chi connectivity index (χ4v) is 2.08. The molecule has 3 N–H and O–H groups in total. The zero-order valence-electron chi connectivity index (χ0n) is 10.9. The number of fused-ring (bicyclic) bond motifs is 1. The van der Waals surface area contributed by atoms with Crippen molar-refractivity contribution in [2.75, 3.05) is 7.11 Å². The Labute approximate surface area is 115 Å². The number of nitrogens with two attached hydrogens (primary N) is 1. The summed E-state index contributed by atoms with van der Waals surface area (Å²) in [6.45, 7) is 0. The second-order valence-electron chi connectivity index (χ2n) is 4.41. The molecule has 0 saturated heterocycles. The number of methoxy groups -OCH3 is 1. The van der Waals surface area contributed by atoms with Gasteiger partial charge in [0.1, 0.15) is 17.1 Å². The van der Waals surface area contributed by atoms with Gasteiger partial charge in [0.25, 0.3) is 5.91 Å². The summed E-state index contributed by atoms with van der Waals surface area (Å²) in [6.07, 6.45) is 0. The summed E-state index contributed by atoms with van der Waals surface area (Å²) in [7, 11) is 1.62. The van der Waals surface area contributed by atoms with E-state index in [0.29, 0.717) is 11.3 Å². The van der Waals surface area contributed by atoms with E-state index >= 15 is 0 Å². The molecule has 5 nitrogen and oxygen atoms in total. The summed E-state index contributed by atoms with van der Waals surface area (Å²) in [5.41, 5.74) is 7.99. The number of primary amides is 1. The van der Waals surface area contributed by atoms with Gasteiger partial charge in [-0.2, -0.15) is 0 Å². The minimum Gasteiger partial charge on any atom is -0.497 e. The van der Waals surface area contributed by atoms with Crippen molar-refractivity contribution in [1.29, 1.82) is 0 Å². The standard InChI is InChI=1S/C15H13N3O2/c1-20-11-4-2-3-9(7-11)12-6-5-10-8-13(14(16)19)18-15(10)17-12/h2-8H,1H3,(H2,16,19)(H,17,18). The minimum absolute atomic E-state index is 0.357. The third-order valence-corrected chi connectivity index (χ3v) is 3.11. The molecule has 5 heteroatoms. The molecule has 0 atom stereocenters. The molecular weight excluding hydrogens is 254 g/mol. The number of nitrogens with zero attached hydrogens (tertiary/aromatic N) is 1. The predicted octanol–water partition coefficient (Wildman–Crippen LogP) is 2.34. The van der Waals surface area contributed by atoms with E-state index in [0.717, 1.165) is 22.4 Å². The average molecular weight is 267 g/mol. The molecule has 0 spiro atoms. The van der Waals surface area contributed by atoms with Gasteiger partial charge in [-0.1, -0.05) is 12.1 Å². The van der Waals surface area contributed by atoms with Crippen LogP contribution in [-0.2, 0) is 0 Å². The van der Waals surface area contributed by atoms with Gasteiger partial charge in [0, 0.05) is 10.9 Å². The summed E-state index contributed by atoms with van der Waals surface area (Å²) in [5.74, 6) is 0.277. The quantitative estimate of drug-likeness (QED) is 0.764. The van der Waals surface area contributed by atoms with Gasteiger partial charge >= 0.3 is 0 Å². The zero-order chi connectivity index (χ0) is 14.1. The molecule has 0 fully saturated rings. The zero-order valence-corrected chi connectivity index (χ0v) is 10.9. The Bertz CT molecular complexity index is 793. The van der Waals surface area contributed by atoms with E-state index in [1.54, 1.807) is 13.2 Å². The molecule has 0 aliphatic carbocycles. The van der Waals surface area contributed by atoms with Gasteiger partial charge in [0.15, 0.2) is 0 Å². The van der Waals surface area contributed by atoms with Gasteiger partial charge in [-0.3, -0.25) is 4.79 Å². The van der Waals surface area contributed by atoms with Gasteiger partial charge < -0.3 is 15.5 Å². The van der Waals surface area contributed by atoms with Crippen LogP contribution >= 0.6 is 0 Å². The Hall–Kier alpha value is -2.82. The van der Waals surface area contributed by atoms with Crippen LogP contribution in [0.25, 0.3) is 22.3 Å². The molecule has 20 heavy (non-hydrogen) atoms. The Balaban J connectivity index is 2.09. The number of hydrogen-bond acceptors (Lipinski definition) is 3. The number of carbonyl (C=O) groups is 1. The van der Waals surface area contributed by atoms with E-state index in [9.17, 15) is 4.79 Å². The van der Waals surface area contributed by atoms with Crippen molar-refractivity contribution in [2.24, 2.45) is 5.73 Å². The number of aromatic nitrogens is 2. The lowest BCUT2D eigenvalue weighted by molar-refractivity contribution is 0.0996. The highest BCUT2D eigenvalue weighted by Crippen LogP contribution is 2.24. The number of aromatic amines is 1. The summed E-state index contributed by atoms with van der Waals surface area (Å²) in [5, 5.41) is 0.852. The molecule has 1 aromatic carbocycles. The third kappa shape index (κ3) is 2.09. The van der Waals surface area contributed by atoms with Crippen LogP contribution in [0.1, 0.15) is 10.5 Å². The average Bonchev–Trinajstić information content (AvgIpc) is 2.90. The summed E-state index contributed by atoms with van der Waals surface area (Å²) in [4.78, 5) is 18.6. The van der Waals surface area contributed by atoms with Crippen LogP contribution in [0, 0.1) is 0 Å². The minimum atomic E-state index is -0.495. The number of ether oxygens (including phenoxy) is 1. The Morgan fingerprint density at radius 1 is 1.25 bits per heavy atom. The maximum Gasteiger partial charge on any atom is 0.265 e. The number of nitrogens with one attached hydrogen (secondary N) is 1. The highest BCUT2D eigenvalue weighted by molar-refractivity contribution is 5.96. The molecular formula is C15H13N3O2. The maximum absolute atomic E-state index is 11.2. The van der Waals surface area contributed by atoms with Crippen LogP contribution in [0.15, 0.2) is 42.5 Å². The molecule has 2 heterocycles. The van der Waals surface area contributed by atoms with Gasteiger partial charge in [0.05, 0.1) is 12.8 Å². The first kappa shape index (κ1) is 12.2. The molecule has 1 amide bonds. The first-order valence-corrected chi connectivity index (χ1v) is 6.11. The van der Waals surface area contributed by atoms with Gasteiger partial charge in [0.2, 0.25) is 0 Å². The van der Waals surface area contributed by atoms with Crippen molar-refractivity contribution in [3.63, 3.8) is 0 Å². The highest BCUT2D eigenvalue weighted by Gasteiger charge is 2.08. The molecule has 3 rings (SSSR count). The van der Waals surface area contributed by atoms with Crippen LogP contribution in [-0.4, -0.2) is 23.0 Å². The molecule has 3 aromatic rings. The fourth-order valence-electron chi connectivity index (χ4n) is 2.08. The van der Waals surface area contributed by atoms with E-state index in [1.165, 1.54) is 0 Å². The first-order chi connectivity index (χ1) is 9.67. The molecule has 2 aromatic heterocycles. The number of carbonyl (C=O) groups excluding carboxylic acids is 1. The SMILES string of the molecule is COc1cccc(-c2ccc3cc(C(N)=O)[nH]c3n2)c1. The van der Waals surface area contributed by atoms with E-state index in [-0.39, 0.29) is 0 Å². The van der Waals surface area contributed by atoms with Crippen LogP contribution in [0.5, 0.6) is 5.75 Å². The number of pyridine rings is 1. The molecule has 0 saturated carbocycles. The fraction of sp³-hybridized carbons (Fsp3) is 0.0667. The topological polar surface area (TPSA) is 81.0 Å². The van der Waals surface area contributed by atoms with Crippen LogP contribution in [0.3, 0.4) is 0 Å². The van der Waals surface area contributed by atoms with Gasteiger partial charge in [-0.05, 0) is 30.3 Å². The van der Waals surface area contributed by atoms with Crippen molar-refractivity contribution < 1.29 is 9.53 Å². The lowest BCUT2D eigenvalue weighted by Crippen LogP contribution is -2.10. The third-order valence-electron chi connectivity index (χ3n) is 3.11. The van der Waals surface area contributed by atoms with Gasteiger partial charge in [-0.15, -0.1) is 0 Å². The molecule has 0 aliphatic heterocycles. The Morgan fingerprint density at radius 3 is 2.85 bits per heavy atom. The van der Waals surface area contributed by atoms with Crippen LogP contribution < -0.4 is 10.5 Å².